The Kier molecular flexibility index (Phi) is 34.8. The van der Waals surface area contributed by atoms with E-state index < -0.39 is 0 Å². The maximum Gasteiger partial charge on any atom is 0.136 e. The number of hydrogen-bond acceptors (Lipinski definition) is 3. The van der Waals surface area contributed by atoms with Gasteiger partial charge in [0.15, 0.2) is 0 Å². The van der Waals surface area contributed by atoms with Gasteiger partial charge in [0.05, 0.1) is 22.4 Å². The zero-order valence-electron chi connectivity index (χ0n) is 76.5. The second-order valence-electron chi connectivity index (χ2n) is 35.2. The van der Waals surface area contributed by atoms with Gasteiger partial charge in [0, 0.05) is 142 Å². The molecule has 0 spiro atoms. The molecule has 20 aromatic carbocycles. The average Bonchev–Trinajstić information content (AvgIpc) is 1.62. The zero-order chi connectivity index (χ0) is 100. The molecule has 0 N–H and O–H groups in total. The predicted molar refractivity (Wildman–Crippen MR) is 747 cm³/mol. The fourth-order valence-electron chi connectivity index (χ4n) is 19.1. The van der Waals surface area contributed by atoms with Crippen molar-refractivity contribution >= 4 is 481 Å². The van der Waals surface area contributed by atoms with Gasteiger partial charge < -0.3 is 13.6 Å². The molecular formula is C123H76I16N4O. The van der Waals surface area contributed by atoms with Gasteiger partial charge in [-0.3, -0.25) is 9.97 Å². The number of fused-ring (bicyclic) bond motifs is 18. The molecule has 706 valence electrons. The molecule has 0 bridgehead atoms. The minimum absolute atomic E-state index is 0.132. The summed E-state index contributed by atoms with van der Waals surface area (Å²) in [5.41, 5.74) is 26.6. The maximum atomic E-state index is 5.80. The van der Waals surface area contributed by atoms with Gasteiger partial charge >= 0.3 is 0 Å². The van der Waals surface area contributed by atoms with Gasteiger partial charge in [0.1, 0.15) is 11.2 Å². The lowest BCUT2D eigenvalue weighted by Crippen LogP contribution is -2.15. The number of furan rings is 1. The van der Waals surface area contributed by atoms with E-state index in [4.69, 9.17) is 4.42 Å². The molecule has 5 aromatic heterocycles. The first kappa shape index (κ1) is 106. The van der Waals surface area contributed by atoms with E-state index in [0.717, 1.165) is 40.1 Å². The van der Waals surface area contributed by atoms with Crippen molar-refractivity contribution < 1.29 is 4.42 Å². The van der Waals surface area contributed by atoms with Crippen LogP contribution in [0.25, 0.3) is 181 Å². The first-order chi connectivity index (χ1) is 69.6. The Balaban J connectivity index is 0.000000101. The van der Waals surface area contributed by atoms with Gasteiger partial charge in [-0.15, -0.1) is 0 Å². The summed E-state index contributed by atoms with van der Waals surface area (Å²) < 4.78 is 30.8. The summed E-state index contributed by atoms with van der Waals surface area (Å²) in [6.07, 6.45) is 4.77. The monoisotopic (exact) mass is 3660 g/mol. The van der Waals surface area contributed by atoms with Crippen LogP contribution >= 0.6 is 361 Å². The standard InChI is InChI=1S/C22H14I2N2.C18H11I2N.C16H8I2.C15H12I2.C14H8I2.C13H9I2N.C13H8I2.C12H6I2O/c23-19-9-7-15(13-17(19)21-5-1-3-11-25-21)16-8-10-20(24)18(14-16)22-6-2-4-12-26-22;19-12-6-8-15-16-9-7-13(20)11-18(16)21(17(15)10-12)14-4-2-1-3-5-14;17-13-5-9-1-2-10-6-14(18)8-12-4-3-11(7-13)15(9)16(10)12;1-15(2)13-7-9(16)3-5-11(13)12-6-4-10(17)8-14(12)15;15-11-3-5-13-9(7-11)1-2-10-8-12(16)4-6-14(10)13;1-16-12-6-8(14)2-4-10(12)11-5-3-9(15)7-13(11)16;14-10-1-3-12-8(6-10)5-9-7-11(15)2-4-13(9)12;13-7-1-3-9-10-4-2-8(14)6-12(10)15-11(9)5-7/h1-14H;1-11H;1-8H;3-8H,1-2H3;1-8H;2-7H,1H3;1-4,6-7H,5H2;1-6H. The van der Waals surface area contributed by atoms with Crippen LogP contribution in [0, 0.1) is 57.1 Å². The number of aromatic nitrogens is 4. The molecule has 21 heteroatoms. The minimum atomic E-state index is 0.132. The summed E-state index contributed by atoms with van der Waals surface area (Å²) in [4.78, 5) is 9.02. The topological polar surface area (TPSA) is 48.8 Å². The van der Waals surface area contributed by atoms with Crippen LogP contribution in [-0.2, 0) is 18.9 Å². The molecule has 0 atom stereocenters. The summed E-state index contributed by atoms with van der Waals surface area (Å²) in [7, 11) is 2.14. The Bertz CT molecular complexity index is 8700. The summed E-state index contributed by atoms with van der Waals surface area (Å²) >= 11 is 37.9. The van der Waals surface area contributed by atoms with Gasteiger partial charge in [-0.25, -0.2) is 0 Å². The van der Waals surface area contributed by atoms with E-state index in [2.05, 4.69) is 759 Å². The largest absolute Gasteiger partial charge is 0.456 e. The lowest BCUT2D eigenvalue weighted by Gasteiger charge is -2.21. The first-order valence-electron chi connectivity index (χ1n) is 45.5. The van der Waals surface area contributed by atoms with Crippen LogP contribution in [-0.4, -0.2) is 19.1 Å². The van der Waals surface area contributed by atoms with Crippen LogP contribution in [0.15, 0.2) is 399 Å². The highest BCUT2D eigenvalue weighted by Gasteiger charge is 2.36. The Hall–Kier alpha value is -4.66. The molecule has 2 aliphatic rings. The molecule has 144 heavy (non-hydrogen) atoms. The van der Waals surface area contributed by atoms with Gasteiger partial charge in [-0.1, -0.05) is 153 Å². The van der Waals surface area contributed by atoms with Crippen LogP contribution in [0.3, 0.4) is 0 Å². The van der Waals surface area contributed by atoms with Crippen LogP contribution in [0.5, 0.6) is 0 Å². The second kappa shape index (κ2) is 47.1. The third-order valence-corrected chi connectivity index (χ3v) is 37.0. The second-order valence-corrected chi connectivity index (χ2v) is 55.0. The highest BCUT2D eigenvalue weighted by Crippen LogP contribution is 2.50. The van der Waals surface area contributed by atoms with E-state index in [1.807, 2.05) is 36.7 Å². The van der Waals surface area contributed by atoms with Crippen LogP contribution in [0.2, 0.25) is 0 Å². The average molecular weight is 3660 g/mol. The number of benzene rings is 20. The third kappa shape index (κ3) is 23.7. The molecule has 25 aromatic rings. The molecule has 0 unspecified atom stereocenters. The zero-order valence-corrected chi connectivity index (χ0v) is 111. The van der Waals surface area contributed by atoms with Crippen LogP contribution in [0.4, 0.5) is 0 Å². The number of aryl methyl sites for hydroxylation is 1. The van der Waals surface area contributed by atoms with Gasteiger partial charge in [0.2, 0.25) is 0 Å². The molecule has 0 saturated carbocycles. The van der Waals surface area contributed by atoms with Crippen molar-refractivity contribution in [1.82, 2.24) is 19.1 Å². The molecule has 0 aliphatic heterocycles. The van der Waals surface area contributed by atoms with Crippen molar-refractivity contribution in [2.45, 2.75) is 25.7 Å². The van der Waals surface area contributed by atoms with Gasteiger partial charge in [-0.05, 0) is 720 Å². The van der Waals surface area contributed by atoms with Crippen molar-refractivity contribution in [3.63, 3.8) is 0 Å². The molecule has 0 fully saturated rings. The van der Waals surface area contributed by atoms with E-state index in [-0.39, 0.29) is 5.41 Å². The Morgan fingerprint density at radius 2 is 0.549 bits per heavy atom. The summed E-state index contributed by atoms with van der Waals surface area (Å²) in [5, 5.41) is 21.2. The van der Waals surface area contributed by atoms with Crippen LogP contribution in [0.1, 0.15) is 36.1 Å². The van der Waals surface area contributed by atoms with Gasteiger partial charge in [0.25, 0.3) is 0 Å². The predicted octanol–water partition coefficient (Wildman–Crippen LogP) is 42.7. The highest BCUT2D eigenvalue weighted by atomic mass is 127. The molecular weight excluding hydrogens is 3580 g/mol. The van der Waals surface area contributed by atoms with Crippen molar-refractivity contribution in [1.29, 1.82) is 0 Å². The maximum absolute atomic E-state index is 5.80. The van der Waals surface area contributed by atoms with E-state index in [9.17, 15) is 0 Å². The highest BCUT2D eigenvalue weighted by molar-refractivity contribution is 14.1. The van der Waals surface area contributed by atoms with Crippen LogP contribution < -0.4 is 0 Å². The number of para-hydroxylation sites is 1. The SMILES string of the molecule is CC1(C)c2cc(I)ccc2-c2ccc(I)cc21.Cn1c2cc(I)ccc2c2ccc(I)cc21.Ic1cc2ccc3cc(I)cc4ccc(c1)c2c34.Ic1ccc(-c2ccc(I)c(-c3ccccn3)c2)cc1-c1ccccn1.Ic1ccc2c(c1)Cc1cc(I)ccc1-2.Ic1ccc2c(c1)oc1cc(I)ccc12.Ic1ccc2c(ccc3cc(I)ccc32)c1.Ic1ccc2c3ccc(I)cc3n(-c3ccccc3)c2c1. The lowest BCUT2D eigenvalue weighted by atomic mass is 9.82. The van der Waals surface area contributed by atoms with Crippen molar-refractivity contribution in [2.75, 3.05) is 0 Å². The van der Waals surface area contributed by atoms with Gasteiger partial charge in [-0.2, -0.15) is 0 Å². The molecule has 27 rings (SSSR count). The molecule has 0 radical (unpaired) electrons. The van der Waals surface area contributed by atoms with Crippen molar-refractivity contribution in [3.8, 4) is 61.6 Å². The number of rotatable bonds is 4. The lowest BCUT2D eigenvalue weighted by molar-refractivity contribution is 0.659. The smallest absolute Gasteiger partial charge is 0.136 e. The van der Waals surface area contributed by atoms with E-state index in [0.29, 0.717) is 0 Å². The number of nitrogens with zero attached hydrogens (tertiary/aromatic N) is 4. The fourth-order valence-corrected chi connectivity index (χ4v) is 27.7. The number of halogens is 16. The molecule has 0 saturated heterocycles. The minimum Gasteiger partial charge on any atom is -0.456 e. The Labute approximate surface area is 1050 Å². The van der Waals surface area contributed by atoms with E-state index in [1.54, 1.807) is 0 Å². The molecule has 2 aliphatic carbocycles. The Morgan fingerprint density at radius 1 is 0.243 bits per heavy atom. The van der Waals surface area contributed by atoms with E-state index in [1.165, 1.54) is 227 Å². The molecule has 5 heterocycles. The molecule has 5 nitrogen and oxygen atoms in total. The number of pyridine rings is 2. The fraction of sp³-hybridized carbons (Fsp3) is 0.0407. The summed E-state index contributed by atoms with van der Waals surface area (Å²) in [5.74, 6) is 0. The van der Waals surface area contributed by atoms with Crippen molar-refractivity contribution in [3.05, 3.63) is 474 Å². The quantitative estimate of drug-likeness (QED) is 0.130. The Morgan fingerprint density at radius 3 is 0.931 bits per heavy atom. The van der Waals surface area contributed by atoms with E-state index >= 15 is 0 Å². The normalized spacial score (nSPS) is 11.9. The third-order valence-electron chi connectivity index (χ3n) is 25.8. The number of hydrogen-bond donors (Lipinski definition) is 0. The summed E-state index contributed by atoms with van der Waals surface area (Å²) in [6, 6.07) is 137. The first-order valence-corrected chi connectivity index (χ1v) is 62.8. The summed E-state index contributed by atoms with van der Waals surface area (Å²) in [6.45, 7) is 4.65. The molecule has 0 amide bonds. The van der Waals surface area contributed by atoms with Crippen molar-refractivity contribution in [2.24, 2.45) is 7.05 Å².